The predicted molar refractivity (Wildman–Crippen MR) is 76.8 cm³/mol. The molecule has 1 heterocycles. The molecule has 21 heavy (non-hydrogen) atoms. The van der Waals surface area contributed by atoms with Gasteiger partial charge in [-0.05, 0) is 31.0 Å². The van der Waals surface area contributed by atoms with E-state index in [9.17, 15) is 13.2 Å². The molecule has 1 amide bonds. The molecule has 0 spiro atoms. The zero-order valence-electron chi connectivity index (χ0n) is 12.0. The average Bonchev–Trinajstić information content (AvgIpc) is 2.96. The lowest BCUT2D eigenvalue weighted by Crippen LogP contribution is -2.45. The minimum absolute atomic E-state index is 0.0556. The maximum absolute atomic E-state index is 12.7. The van der Waals surface area contributed by atoms with Crippen LogP contribution < -0.4 is 0 Å². The van der Waals surface area contributed by atoms with Crippen LogP contribution in [-0.2, 0) is 14.8 Å². The number of carbonyl (C=O) groups excluding carboxylic acids is 1. The third-order valence-corrected chi connectivity index (χ3v) is 5.40. The van der Waals surface area contributed by atoms with Crippen molar-refractivity contribution in [3.8, 4) is 6.07 Å². The normalized spacial score (nSPS) is 19.2. The fourth-order valence-electron chi connectivity index (χ4n) is 2.43. The van der Waals surface area contributed by atoms with Crippen molar-refractivity contribution < 1.29 is 13.2 Å². The molecule has 1 saturated heterocycles. The predicted octanol–water partition coefficient (Wildman–Crippen LogP) is 0.800. The van der Waals surface area contributed by atoms with Gasteiger partial charge in [-0.15, -0.1) is 0 Å². The van der Waals surface area contributed by atoms with Gasteiger partial charge in [-0.3, -0.25) is 4.79 Å². The largest absolute Gasteiger partial charge is 0.347 e. The van der Waals surface area contributed by atoms with Gasteiger partial charge < -0.3 is 4.90 Å². The van der Waals surface area contributed by atoms with Crippen LogP contribution in [0.25, 0.3) is 0 Å². The molecule has 1 aliphatic heterocycles. The van der Waals surface area contributed by atoms with Crippen molar-refractivity contribution in [2.75, 3.05) is 20.6 Å². The minimum atomic E-state index is -3.76. The summed E-state index contributed by atoms with van der Waals surface area (Å²) in [6.45, 7) is 0.323. The standard InChI is InChI=1S/C14H17N3O3S/c1-16(2)14(18)13-7-4-8-17(13)21(19,20)12-6-3-5-11(9-12)10-15/h3,5-6,9,13H,4,7-8H2,1-2H3/t13-/m1/s1. The van der Waals surface area contributed by atoms with Crippen molar-refractivity contribution in [3.63, 3.8) is 0 Å². The summed E-state index contributed by atoms with van der Waals surface area (Å²) in [4.78, 5) is 13.6. The number of nitrogens with zero attached hydrogens (tertiary/aromatic N) is 3. The number of amides is 1. The summed E-state index contributed by atoms with van der Waals surface area (Å²) >= 11 is 0. The van der Waals surface area contributed by atoms with Gasteiger partial charge >= 0.3 is 0 Å². The molecule has 1 atom stereocenters. The van der Waals surface area contributed by atoms with Crippen LogP contribution in [0, 0.1) is 11.3 Å². The molecule has 0 saturated carbocycles. The summed E-state index contributed by atoms with van der Waals surface area (Å²) in [5, 5.41) is 8.89. The van der Waals surface area contributed by atoms with Crippen molar-refractivity contribution in [2.45, 2.75) is 23.8 Å². The van der Waals surface area contributed by atoms with Crippen LogP contribution in [-0.4, -0.2) is 50.2 Å². The molecule has 7 heteroatoms. The van der Waals surface area contributed by atoms with E-state index in [1.807, 2.05) is 6.07 Å². The zero-order valence-corrected chi connectivity index (χ0v) is 12.8. The quantitative estimate of drug-likeness (QED) is 0.827. The molecule has 0 N–H and O–H groups in total. The first-order chi connectivity index (χ1) is 9.87. The Bertz CT molecular complexity index is 692. The second kappa shape index (κ2) is 5.84. The van der Waals surface area contributed by atoms with E-state index in [1.165, 1.54) is 27.4 Å². The third kappa shape index (κ3) is 2.91. The number of carbonyl (C=O) groups is 1. The number of hydrogen-bond donors (Lipinski definition) is 0. The van der Waals surface area contributed by atoms with E-state index >= 15 is 0 Å². The fraction of sp³-hybridized carbons (Fsp3) is 0.429. The molecular weight excluding hydrogens is 290 g/mol. The summed E-state index contributed by atoms with van der Waals surface area (Å²) in [5.41, 5.74) is 0.283. The molecule has 2 rings (SSSR count). The Labute approximate surface area is 124 Å². The third-order valence-electron chi connectivity index (χ3n) is 3.50. The van der Waals surface area contributed by atoms with E-state index in [0.29, 0.717) is 19.4 Å². The molecule has 0 bridgehead atoms. The highest BCUT2D eigenvalue weighted by Crippen LogP contribution is 2.27. The Morgan fingerprint density at radius 1 is 1.43 bits per heavy atom. The highest BCUT2D eigenvalue weighted by molar-refractivity contribution is 7.89. The van der Waals surface area contributed by atoms with Gasteiger partial charge in [-0.25, -0.2) is 8.42 Å². The van der Waals surface area contributed by atoms with Crippen LogP contribution in [0.1, 0.15) is 18.4 Å². The molecule has 112 valence electrons. The Morgan fingerprint density at radius 3 is 2.76 bits per heavy atom. The molecular formula is C14H17N3O3S. The number of sulfonamides is 1. The topological polar surface area (TPSA) is 81.5 Å². The van der Waals surface area contributed by atoms with Gasteiger partial charge in [0.05, 0.1) is 16.5 Å². The summed E-state index contributed by atoms with van der Waals surface area (Å²) in [6, 6.07) is 7.13. The van der Waals surface area contributed by atoms with Crippen molar-refractivity contribution in [1.29, 1.82) is 5.26 Å². The minimum Gasteiger partial charge on any atom is -0.347 e. The van der Waals surface area contributed by atoms with Crippen LogP contribution in [0.2, 0.25) is 0 Å². The van der Waals surface area contributed by atoms with Gasteiger partial charge in [0.1, 0.15) is 6.04 Å². The number of hydrogen-bond acceptors (Lipinski definition) is 4. The van der Waals surface area contributed by atoms with E-state index in [1.54, 1.807) is 20.2 Å². The number of likely N-dealkylation sites (N-methyl/N-ethyl adjacent to an activating group) is 1. The maximum atomic E-state index is 12.7. The Balaban J connectivity index is 2.38. The Kier molecular flexibility index (Phi) is 4.30. The first kappa shape index (κ1) is 15.5. The highest BCUT2D eigenvalue weighted by atomic mass is 32.2. The van der Waals surface area contributed by atoms with Crippen molar-refractivity contribution >= 4 is 15.9 Å². The molecule has 0 aliphatic carbocycles. The van der Waals surface area contributed by atoms with Crippen LogP contribution in [0.15, 0.2) is 29.2 Å². The van der Waals surface area contributed by atoms with Crippen LogP contribution in [0.4, 0.5) is 0 Å². The first-order valence-corrected chi connectivity index (χ1v) is 8.05. The summed E-state index contributed by atoms with van der Waals surface area (Å²) in [5.74, 6) is -0.215. The van der Waals surface area contributed by atoms with Crippen LogP contribution in [0.3, 0.4) is 0 Å². The van der Waals surface area contributed by atoms with Gasteiger partial charge in [0.15, 0.2) is 0 Å². The van der Waals surface area contributed by atoms with Gasteiger partial charge in [0.2, 0.25) is 15.9 Å². The number of nitriles is 1. The lowest BCUT2D eigenvalue weighted by molar-refractivity contribution is -0.132. The second-order valence-corrected chi connectivity index (χ2v) is 7.04. The Morgan fingerprint density at radius 2 is 2.14 bits per heavy atom. The van der Waals surface area contributed by atoms with E-state index < -0.39 is 16.1 Å². The summed E-state index contributed by atoms with van der Waals surface area (Å²) < 4.78 is 26.6. The molecule has 0 aromatic heterocycles. The molecule has 0 radical (unpaired) electrons. The molecule has 0 unspecified atom stereocenters. The molecule has 1 aromatic rings. The van der Waals surface area contributed by atoms with Crippen LogP contribution >= 0.6 is 0 Å². The summed E-state index contributed by atoms with van der Waals surface area (Å²) in [7, 11) is -0.539. The summed E-state index contributed by atoms with van der Waals surface area (Å²) in [6.07, 6.45) is 1.18. The molecule has 1 fully saturated rings. The molecule has 1 aromatic carbocycles. The molecule has 6 nitrogen and oxygen atoms in total. The van der Waals surface area contributed by atoms with Gasteiger partial charge in [0, 0.05) is 20.6 Å². The van der Waals surface area contributed by atoms with E-state index in [-0.39, 0.29) is 16.4 Å². The van der Waals surface area contributed by atoms with E-state index in [0.717, 1.165) is 0 Å². The monoisotopic (exact) mass is 307 g/mol. The zero-order chi connectivity index (χ0) is 15.6. The Hall–Kier alpha value is -1.91. The lowest BCUT2D eigenvalue weighted by Gasteiger charge is -2.25. The SMILES string of the molecule is CN(C)C(=O)[C@H]1CCCN1S(=O)(=O)c1cccc(C#N)c1. The van der Waals surface area contributed by atoms with Gasteiger partial charge in [-0.2, -0.15) is 9.57 Å². The molecule has 1 aliphatic rings. The van der Waals surface area contributed by atoms with Crippen molar-refractivity contribution in [3.05, 3.63) is 29.8 Å². The van der Waals surface area contributed by atoms with Crippen molar-refractivity contribution in [1.82, 2.24) is 9.21 Å². The van der Waals surface area contributed by atoms with Crippen molar-refractivity contribution in [2.24, 2.45) is 0 Å². The number of rotatable bonds is 3. The highest BCUT2D eigenvalue weighted by Gasteiger charge is 2.40. The van der Waals surface area contributed by atoms with Crippen LogP contribution in [0.5, 0.6) is 0 Å². The lowest BCUT2D eigenvalue weighted by atomic mass is 10.2. The average molecular weight is 307 g/mol. The second-order valence-electron chi connectivity index (χ2n) is 5.15. The smallest absolute Gasteiger partial charge is 0.243 e. The van der Waals surface area contributed by atoms with Gasteiger partial charge in [0.25, 0.3) is 0 Å². The first-order valence-electron chi connectivity index (χ1n) is 6.61. The van der Waals surface area contributed by atoms with E-state index in [2.05, 4.69) is 0 Å². The maximum Gasteiger partial charge on any atom is 0.243 e. The van der Waals surface area contributed by atoms with Gasteiger partial charge in [-0.1, -0.05) is 6.07 Å². The number of benzene rings is 1. The fourth-order valence-corrected chi connectivity index (χ4v) is 4.13. The van der Waals surface area contributed by atoms with E-state index in [4.69, 9.17) is 5.26 Å².